The molecule has 6 aromatic rings. The number of rotatable bonds is 15. The quantitative estimate of drug-likeness (QED) is 0.0368. The molecular weight excluding hydrogens is 1110 g/mol. The number of nitrogens with zero attached hydrogens (tertiary/aromatic N) is 6. The Hall–Kier alpha value is -9.20. The van der Waals surface area contributed by atoms with Crippen molar-refractivity contribution in [2.75, 3.05) is 36.8 Å². The van der Waals surface area contributed by atoms with Crippen LogP contribution in [0.4, 0.5) is 34.1 Å². The first-order valence-corrected chi connectivity index (χ1v) is 20.7. The summed E-state index contributed by atoms with van der Waals surface area (Å²) in [6.45, 7) is 6.18. The predicted molar refractivity (Wildman–Crippen MR) is 257 cm³/mol. The van der Waals surface area contributed by atoms with Crippen molar-refractivity contribution in [2.24, 2.45) is 0 Å². The second kappa shape index (κ2) is 26.1. The fraction of sp³-hybridized carbons (Fsp3) is 0.133. The van der Waals surface area contributed by atoms with Crippen molar-refractivity contribution in [3.05, 3.63) is 156 Å². The number of nitro benzene ring substituents is 3. The third kappa shape index (κ3) is 15.4. The summed E-state index contributed by atoms with van der Waals surface area (Å²) in [7, 11) is 0. The van der Waals surface area contributed by atoms with Gasteiger partial charge in [0.05, 0.1) is 14.8 Å². The van der Waals surface area contributed by atoms with Crippen LogP contribution in [0.3, 0.4) is 0 Å². The number of anilines is 3. The largest absolute Gasteiger partial charge is 0.477 e. The number of amides is 3. The molecule has 0 bridgehead atoms. The molecule has 0 aliphatic rings. The fourth-order valence-corrected chi connectivity index (χ4v) is 6.17. The topological polar surface area (TPSA) is 445 Å². The van der Waals surface area contributed by atoms with E-state index < -0.39 is 50.4 Å². The van der Waals surface area contributed by atoms with Crippen molar-refractivity contribution < 1.29 is 97.0 Å². The van der Waals surface area contributed by atoms with E-state index >= 15 is 0 Å². The Labute approximate surface area is 441 Å². The maximum atomic E-state index is 11.9. The minimum atomic E-state index is -1.31. The first kappa shape index (κ1) is 58.1. The Morgan fingerprint density at radius 3 is 0.836 bits per heavy atom. The molecule has 382 valence electrons. The molecule has 0 spiro atoms. The van der Waals surface area contributed by atoms with Crippen LogP contribution in [0.1, 0.15) is 83.7 Å². The van der Waals surface area contributed by atoms with Crippen LogP contribution >= 0.6 is 0 Å². The van der Waals surface area contributed by atoms with E-state index in [1.165, 1.54) is 91.0 Å². The number of carboxylic acids is 3. The number of pyridine rings is 3. The van der Waals surface area contributed by atoms with Gasteiger partial charge >= 0.3 is 17.9 Å². The third-order valence-corrected chi connectivity index (χ3v) is 9.52. The molecule has 0 atom stereocenters. The number of nitro groups is 3. The predicted octanol–water partition coefficient (Wildman–Crippen LogP) is 5.06. The first-order chi connectivity index (χ1) is 34.0. The van der Waals surface area contributed by atoms with Crippen LogP contribution in [0.25, 0.3) is 33.4 Å². The minimum absolute atomic E-state index is 0. The number of carbonyl (C=O) groups is 6. The normalized spacial score (nSPS) is 10.1. The monoisotopic (exact) mass is 1150 g/mol. The van der Waals surface area contributed by atoms with E-state index in [9.17, 15) is 59.1 Å². The molecule has 0 saturated carbocycles. The van der Waals surface area contributed by atoms with Crippen LogP contribution in [-0.2, 0) is 0 Å². The van der Waals surface area contributed by atoms with Gasteiger partial charge in [-0.3, -0.25) is 44.7 Å². The van der Waals surface area contributed by atoms with Crippen LogP contribution < -0.4 is 33.2 Å². The Bertz CT molecular complexity index is 2840. The molecule has 3 aromatic carbocycles. The Balaban J connectivity index is 0.000000287. The van der Waals surface area contributed by atoms with Crippen LogP contribution in [0.5, 0.6) is 0 Å². The van der Waals surface area contributed by atoms with Gasteiger partial charge in [0, 0.05) is 76.0 Å². The number of aromatic nitrogens is 3. The SMILES string of the molecule is CCNC(=O)c1cc(-c2ccc(N)c([N+](=O)[O-])c2)cc(C(=O)O)n1.CCNC(=O)c1cc(-c2ccc(N)c([N+](=O)[O-])c2)cc(C(=O)O)n1.CCNC(=O)c1cc(-c2ccc(N)c([N+](=O)[O-])c2)cc(C(=O)O)n1.[Dy]. The molecule has 0 aliphatic carbocycles. The standard InChI is InChI=1S/3C15H14N4O5.Dy/c3*1-2-17-14(20)11-5-9(6-12(18-11)15(21)22)8-3-4-10(16)13(7-8)19(23)24;/h3*3-7H,2,16H2,1H3,(H,17,20)(H,21,22);. The van der Waals surface area contributed by atoms with Crippen LogP contribution in [0.15, 0.2) is 91.0 Å². The van der Waals surface area contributed by atoms with E-state index in [4.69, 9.17) is 32.5 Å². The Morgan fingerprint density at radius 2 is 0.644 bits per heavy atom. The van der Waals surface area contributed by atoms with Crippen LogP contribution in [-0.4, -0.2) is 100 Å². The average molecular weight is 1150 g/mol. The van der Waals surface area contributed by atoms with E-state index in [0.29, 0.717) is 53.0 Å². The number of carboxylic acid groups (broad SMARTS) is 3. The molecule has 6 rings (SSSR count). The molecule has 0 unspecified atom stereocenters. The van der Waals surface area contributed by atoms with E-state index in [2.05, 4.69) is 30.9 Å². The van der Waals surface area contributed by atoms with Gasteiger partial charge in [0.15, 0.2) is 0 Å². The third-order valence-electron chi connectivity index (χ3n) is 9.52. The summed E-state index contributed by atoms with van der Waals surface area (Å²) in [5.74, 6) is -5.54. The molecule has 3 amide bonds. The van der Waals surface area contributed by atoms with E-state index in [-0.39, 0.29) is 106 Å². The molecule has 3 aromatic heterocycles. The number of carbonyl (C=O) groups excluding carboxylic acids is 3. The average Bonchev–Trinajstić information content (AvgIpc) is 3.34. The molecule has 12 N–H and O–H groups in total. The Morgan fingerprint density at radius 1 is 0.425 bits per heavy atom. The van der Waals surface area contributed by atoms with Crippen molar-refractivity contribution in [2.45, 2.75) is 20.8 Å². The van der Waals surface area contributed by atoms with Crippen LogP contribution in [0, 0.1) is 68.5 Å². The number of nitrogens with one attached hydrogen (secondary N) is 3. The molecule has 0 radical (unpaired) electrons. The van der Waals surface area contributed by atoms with Gasteiger partial charge in [0.25, 0.3) is 34.8 Å². The van der Waals surface area contributed by atoms with Gasteiger partial charge in [-0.05, 0) is 109 Å². The molecular formula is C45H42DyN12O15. The minimum Gasteiger partial charge on any atom is -0.477 e. The molecule has 0 aliphatic heterocycles. The summed E-state index contributed by atoms with van der Waals surface area (Å²) in [6, 6.07) is 20.0. The summed E-state index contributed by atoms with van der Waals surface area (Å²) >= 11 is 0. The zero-order valence-electron chi connectivity index (χ0n) is 38.3. The summed E-state index contributed by atoms with van der Waals surface area (Å²) < 4.78 is 0. The van der Waals surface area contributed by atoms with Crippen molar-refractivity contribution in [3.63, 3.8) is 0 Å². The molecule has 28 heteroatoms. The number of nitrogen functional groups attached to an aromatic ring is 3. The molecule has 27 nitrogen and oxygen atoms in total. The maximum absolute atomic E-state index is 11.9. The maximum Gasteiger partial charge on any atom is 0.354 e. The number of aromatic carboxylic acids is 3. The first-order valence-electron chi connectivity index (χ1n) is 20.7. The second-order valence-corrected chi connectivity index (χ2v) is 14.5. The number of hydrogen-bond acceptors (Lipinski definition) is 18. The fourth-order valence-electron chi connectivity index (χ4n) is 6.17. The summed E-state index contributed by atoms with van der Waals surface area (Å²) in [4.78, 5) is 112. The van der Waals surface area contributed by atoms with Gasteiger partial charge in [0.2, 0.25) is 0 Å². The van der Waals surface area contributed by atoms with Gasteiger partial charge in [0.1, 0.15) is 51.2 Å². The van der Waals surface area contributed by atoms with Gasteiger partial charge < -0.3 is 48.5 Å². The van der Waals surface area contributed by atoms with Gasteiger partial charge in [-0.2, -0.15) is 0 Å². The summed E-state index contributed by atoms with van der Waals surface area (Å²) in [6.07, 6.45) is 0. The van der Waals surface area contributed by atoms with Crippen molar-refractivity contribution >= 4 is 69.8 Å². The number of hydrogen-bond donors (Lipinski definition) is 9. The molecule has 0 fully saturated rings. The molecule has 73 heavy (non-hydrogen) atoms. The summed E-state index contributed by atoms with van der Waals surface area (Å²) in [5.41, 5.74) is 16.4. The number of nitrogens with two attached hydrogens (primary N) is 3. The zero-order valence-corrected chi connectivity index (χ0v) is 40.3. The van der Waals surface area contributed by atoms with Crippen molar-refractivity contribution in [1.82, 2.24) is 30.9 Å². The molecule has 0 saturated heterocycles. The van der Waals surface area contributed by atoms with Gasteiger partial charge in [-0.25, -0.2) is 29.3 Å². The van der Waals surface area contributed by atoms with E-state index in [1.807, 2.05) is 0 Å². The zero-order chi connectivity index (χ0) is 53.6. The van der Waals surface area contributed by atoms with E-state index in [1.54, 1.807) is 20.8 Å². The number of benzene rings is 3. The smallest absolute Gasteiger partial charge is 0.354 e. The van der Waals surface area contributed by atoms with Gasteiger partial charge in [-0.1, -0.05) is 18.2 Å². The van der Waals surface area contributed by atoms with Crippen LogP contribution in [0.2, 0.25) is 0 Å². The van der Waals surface area contributed by atoms with Crippen molar-refractivity contribution in [3.8, 4) is 33.4 Å². The molecule has 3 heterocycles. The van der Waals surface area contributed by atoms with Crippen molar-refractivity contribution in [1.29, 1.82) is 0 Å². The summed E-state index contributed by atoms with van der Waals surface area (Å²) in [5, 5.41) is 68.0. The van der Waals surface area contributed by atoms with E-state index in [0.717, 1.165) is 0 Å². The Kier molecular flexibility index (Phi) is 20.8. The second-order valence-electron chi connectivity index (χ2n) is 14.5. The van der Waals surface area contributed by atoms with Gasteiger partial charge in [-0.15, -0.1) is 0 Å².